The van der Waals surface area contributed by atoms with Gasteiger partial charge >= 0.3 is 0 Å². The van der Waals surface area contributed by atoms with E-state index in [1.807, 2.05) is 0 Å². The second-order valence-corrected chi connectivity index (χ2v) is 4.60. The van der Waals surface area contributed by atoms with Crippen LogP contribution in [0.15, 0.2) is 24.3 Å². The summed E-state index contributed by atoms with van der Waals surface area (Å²) in [6.07, 6.45) is 0. The van der Waals surface area contributed by atoms with Crippen molar-refractivity contribution in [2.24, 2.45) is 0 Å². The van der Waals surface area contributed by atoms with Gasteiger partial charge in [-0.1, -0.05) is 12.1 Å². The van der Waals surface area contributed by atoms with Gasteiger partial charge in [-0.2, -0.15) is 0 Å². The lowest BCUT2D eigenvalue weighted by Gasteiger charge is -2.20. The molecule has 2 aromatic rings. The van der Waals surface area contributed by atoms with Crippen LogP contribution in [0.1, 0.15) is 22.7 Å². The van der Waals surface area contributed by atoms with E-state index in [0.29, 0.717) is 12.1 Å². The monoisotopic (exact) mass is 301 g/mol. The predicted octanol–water partition coefficient (Wildman–Crippen LogP) is 4.00. The number of hydrogen-bond donors (Lipinski definition) is 1. The van der Waals surface area contributed by atoms with Crippen LogP contribution in [-0.4, -0.2) is 7.05 Å². The molecule has 0 heterocycles. The lowest BCUT2D eigenvalue weighted by Crippen LogP contribution is -2.22. The highest BCUT2D eigenvalue weighted by atomic mass is 19.2. The van der Waals surface area contributed by atoms with Crippen LogP contribution in [0.2, 0.25) is 0 Å². The molecule has 0 fully saturated rings. The van der Waals surface area contributed by atoms with Crippen molar-refractivity contribution in [3.05, 3.63) is 70.0 Å². The van der Waals surface area contributed by atoms with Crippen molar-refractivity contribution in [1.82, 2.24) is 5.32 Å². The average Bonchev–Trinajstić information content (AvgIpc) is 2.41. The topological polar surface area (TPSA) is 12.0 Å². The highest BCUT2D eigenvalue weighted by molar-refractivity contribution is 5.37. The van der Waals surface area contributed by atoms with E-state index < -0.39 is 40.7 Å². The second kappa shape index (κ2) is 5.81. The first-order valence-electron chi connectivity index (χ1n) is 6.13. The molecule has 0 saturated carbocycles. The van der Waals surface area contributed by atoms with E-state index in [-0.39, 0.29) is 11.1 Å². The molecule has 0 aliphatic rings. The molecule has 1 unspecified atom stereocenters. The number of benzene rings is 2. The summed E-state index contributed by atoms with van der Waals surface area (Å²) in [5.74, 6) is -5.72. The quantitative estimate of drug-likeness (QED) is 0.845. The fourth-order valence-corrected chi connectivity index (χ4v) is 2.17. The van der Waals surface area contributed by atoms with Gasteiger partial charge < -0.3 is 5.32 Å². The molecule has 112 valence electrons. The third kappa shape index (κ3) is 2.76. The molecule has 0 spiro atoms. The number of aryl methyl sites for hydroxylation is 1. The van der Waals surface area contributed by atoms with E-state index in [4.69, 9.17) is 0 Å². The first-order chi connectivity index (χ1) is 9.86. The molecule has 0 aliphatic carbocycles. The molecule has 2 aromatic carbocycles. The van der Waals surface area contributed by atoms with E-state index >= 15 is 0 Å². The van der Waals surface area contributed by atoms with Gasteiger partial charge in [0.2, 0.25) is 0 Å². The molecule has 0 saturated heterocycles. The summed E-state index contributed by atoms with van der Waals surface area (Å²) in [5.41, 5.74) is -0.753. The number of nitrogens with one attached hydrogen (secondary N) is 1. The molecule has 0 radical (unpaired) electrons. The maximum absolute atomic E-state index is 14.0. The van der Waals surface area contributed by atoms with Crippen LogP contribution in [0.4, 0.5) is 22.0 Å². The van der Waals surface area contributed by atoms with Gasteiger partial charge in [-0.15, -0.1) is 0 Å². The highest BCUT2D eigenvalue weighted by Crippen LogP contribution is 2.30. The lowest BCUT2D eigenvalue weighted by atomic mass is 9.96. The molecule has 0 aromatic heterocycles. The smallest absolute Gasteiger partial charge is 0.164 e. The predicted molar refractivity (Wildman–Crippen MR) is 68.3 cm³/mol. The summed E-state index contributed by atoms with van der Waals surface area (Å²) in [4.78, 5) is 0. The van der Waals surface area contributed by atoms with Crippen molar-refractivity contribution in [2.45, 2.75) is 13.0 Å². The Bertz CT molecular complexity index is 661. The highest BCUT2D eigenvalue weighted by Gasteiger charge is 2.26. The van der Waals surface area contributed by atoms with Gasteiger partial charge in [-0.25, -0.2) is 22.0 Å². The van der Waals surface area contributed by atoms with Gasteiger partial charge in [0.25, 0.3) is 0 Å². The third-order valence-electron chi connectivity index (χ3n) is 3.24. The molecule has 1 N–H and O–H groups in total. The van der Waals surface area contributed by atoms with Crippen LogP contribution in [0.3, 0.4) is 0 Å². The Morgan fingerprint density at radius 1 is 0.905 bits per heavy atom. The SMILES string of the molecule is CNC(c1ccc(C)c(F)c1F)c1c(F)cc(F)cc1F. The van der Waals surface area contributed by atoms with Crippen LogP contribution in [0.5, 0.6) is 0 Å². The standard InChI is InChI=1S/C15H12F5N/c1-7-3-4-9(14(20)13(7)19)15(21-2)12-10(17)5-8(16)6-11(12)18/h3-6,15,21H,1-2H3. The van der Waals surface area contributed by atoms with Crippen molar-refractivity contribution >= 4 is 0 Å². The van der Waals surface area contributed by atoms with Gasteiger partial charge in [-0.3, -0.25) is 0 Å². The Balaban J connectivity index is 2.64. The van der Waals surface area contributed by atoms with Crippen LogP contribution in [0, 0.1) is 36.0 Å². The van der Waals surface area contributed by atoms with Crippen LogP contribution in [-0.2, 0) is 0 Å². The summed E-state index contributed by atoms with van der Waals surface area (Å²) >= 11 is 0. The molecule has 1 atom stereocenters. The Labute approximate surface area is 118 Å². The molecular formula is C15H12F5N. The van der Waals surface area contributed by atoms with Crippen LogP contribution in [0.25, 0.3) is 0 Å². The second-order valence-electron chi connectivity index (χ2n) is 4.60. The number of hydrogen-bond acceptors (Lipinski definition) is 1. The summed E-state index contributed by atoms with van der Waals surface area (Å²) < 4.78 is 68.2. The zero-order chi connectivity index (χ0) is 15.7. The van der Waals surface area contributed by atoms with Crippen molar-refractivity contribution in [1.29, 1.82) is 0 Å². The van der Waals surface area contributed by atoms with Gasteiger partial charge in [0, 0.05) is 23.3 Å². The summed E-state index contributed by atoms with van der Waals surface area (Å²) in [6.45, 7) is 1.37. The van der Waals surface area contributed by atoms with Crippen molar-refractivity contribution in [2.75, 3.05) is 7.05 Å². The first kappa shape index (κ1) is 15.4. The van der Waals surface area contributed by atoms with Gasteiger partial charge in [0.15, 0.2) is 11.6 Å². The molecular weight excluding hydrogens is 289 g/mol. The average molecular weight is 301 g/mol. The summed E-state index contributed by atoms with van der Waals surface area (Å²) in [5, 5.41) is 2.51. The van der Waals surface area contributed by atoms with Crippen molar-refractivity contribution in [3.8, 4) is 0 Å². The maximum Gasteiger partial charge on any atom is 0.164 e. The summed E-state index contributed by atoms with van der Waals surface area (Å²) in [7, 11) is 1.34. The fourth-order valence-electron chi connectivity index (χ4n) is 2.17. The Kier molecular flexibility index (Phi) is 4.27. The molecule has 0 aliphatic heterocycles. The molecule has 21 heavy (non-hydrogen) atoms. The van der Waals surface area contributed by atoms with Gasteiger partial charge in [0.1, 0.15) is 17.5 Å². The maximum atomic E-state index is 14.0. The van der Waals surface area contributed by atoms with E-state index in [2.05, 4.69) is 5.32 Å². The van der Waals surface area contributed by atoms with Crippen molar-refractivity contribution < 1.29 is 22.0 Å². The minimum absolute atomic E-state index is 0.0751. The number of rotatable bonds is 3. The van der Waals surface area contributed by atoms with Crippen LogP contribution < -0.4 is 5.32 Å². The Morgan fingerprint density at radius 3 is 2.00 bits per heavy atom. The molecule has 2 rings (SSSR count). The fraction of sp³-hybridized carbons (Fsp3) is 0.200. The Morgan fingerprint density at radius 2 is 1.48 bits per heavy atom. The van der Waals surface area contributed by atoms with Gasteiger partial charge in [-0.05, 0) is 19.5 Å². The summed E-state index contributed by atoms with van der Waals surface area (Å²) in [6, 6.07) is 2.24. The molecule has 6 heteroatoms. The Hall–Kier alpha value is -1.95. The largest absolute Gasteiger partial charge is 0.309 e. The molecule has 1 nitrogen and oxygen atoms in total. The van der Waals surface area contributed by atoms with E-state index in [1.54, 1.807) is 0 Å². The minimum atomic E-state index is -1.28. The zero-order valence-electron chi connectivity index (χ0n) is 11.3. The molecule has 0 bridgehead atoms. The lowest BCUT2D eigenvalue weighted by molar-refractivity contribution is 0.465. The van der Waals surface area contributed by atoms with E-state index in [0.717, 1.165) is 0 Å². The zero-order valence-corrected chi connectivity index (χ0v) is 11.3. The van der Waals surface area contributed by atoms with Crippen LogP contribution >= 0.6 is 0 Å². The third-order valence-corrected chi connectivity index (χ3v) is 3.24. The van der Waals surface area contributed by atoms with Gasteiger partial charge in [0.05, 0.1) is 6.04 Å². The first-order valence-corrected chi connectivity index (χ1v) is 6.13. The molecule has 0 amide bonds. The number of halogens is 5. The van der Waals surface area contributed by atoms with E-state index in [1.165, 1.54) is 26.1 Å². The van der Waals surface area contributed by atoms with Crippen molar-refractivity contribution in [3.63, 3.8) is 0 Å². The normalized spacial score (nSPS) is 12.5. The minimum Gasteiger partial charge on any atom is -0.309 e. The van der Waals surface area contributed by atoms with E-state index in [9.17, 15) is 22.0 Å².